The molecule has 10 heteroatoms. The Morgan fingerprint density at radius 3 is 1.93 bits per heavy atom. The maximum atomic E-state index is 12.3. The Kier molecular flexibility index (Phi) is 7.35. The summed E-state index contributed by atoms with van der Waals surface area (Å²) in [6.45, 7) is 2.11. The van der Waals surface area contributed by atoms with Gasteiger partial charge in [-0.05, 0) is 25.0 Å². The van der Waals surface area contributed by atoms with Crippen LogP contribution in [0.15, 0.2) is 48.5 Å². The van der Waals surface area contributed by atoms with Crippen molar-refractivity contribution < 1.29 is 19.4 Å². The van der Waals surface area contributed by atoms with Crippen molar-refractivity contribution in [3.63, 3.8) is 0 Å². The molecule has 0 unspecified atom stereocenters. The van der Waals surface area contributed by atoms with Gasteiger partial charge in [-0.3, -0.25) is 29.8 Å². The minimum atomic E-state index is -0.576. The van der Waals surface area contributed by atoms with Crippen LogP contribution in [0, 0.1) is 20.2 Å². The van der Waals surface area contributed by atoms with Gasteiger partial charge in [0, 0.05) is 48.0 Å². The topological polar surface area (TPSA) is 144 Å². The largest absolute Gasteiger partial charge is 0.352 e. The van der Waals surface area contributed by atoms with Crippen LogP contribution in [0.3, 0.4) is 0 Å². The van der Waals surface area contributed by atoms with E-state index in [-0.39, 0.29) is 35.1 Å². The Balaban J connectivity index is 1.90. The Bertz CT molecular complexity index is 930. The van der Waals surface area contributed by atoms with Gasteiger partial charge in [0.15, 0.2) is 0 Å². The van der Waals surface area contributed by atoms with E-state index in [0.29, 0.717) is 12.8 Å². The van der Waals surface area contributed by atoms with E-state index in [4.69, 9.17) is 0 Å². The number of nitrogens with one attached hydrogen (secondary N) is 2. The van der Waals surface area contributed by atoms with Gasteiger partial charge >= 0.3 is 0 Å². The number of nitrogens with zero attached hydrogens (tertiary/aromatic N) is 2. The van der Waals surface area contributed by atoms with Crippen LogP contribution in [0.4, 0.5) is 11.4 Å². The van der Waals surface area contributed by atoms with E-state index in [1.165, 1.54) is 48.5 Å². The minimum absolute atomic E-state index is 0.171. The van der Waals surface area contributed by atoms with E-state index in [1.54, 1.807) is 0 Å². The van der Waals surface area contributed by atoms with Crippen molar-refractivity contribution in [1.29, 1.82) is 0 Å². The molecule has 10 nitrogen and oxygen atoms in total. The third kappa shape index (κ3) is 6.09. The number of non-ortho nitro benzene ring substituents is 2. The first-order valence-electron chi connectivity index (χ1n) is 8.89. The van der Waals surface area contributed by atoms with E-state index in [0.717, 1.165) is 0 Å². The van der Waals surface area contributed by atoms with Crippen molar-refractivity contribution in [3.05, 3.63) is 79.9 Å². The molecule has 29 heavy (non-hydrogen) atoms. The molecule has 0 aliphatic carbocycles. The lowest BCUT2D eigenvalue weighted by Gasteiger charge is -2.17. The van der Waals surface area contributed by atoms with E-state index < -0.39 is 21.7 Å². The molecule has 0 fully saturated rings. The summed E-state index contributed by atoms with van der Waals surface area (Å²) in [6.07, 6.45) is 1.02. The zero-order valence-corrected chi connectivity index (χ0v) is 15.7. The molecular formula is C19H20N4O6. The van der Waals surface area contributed by atoms with Crippen molar-refractivity contribution in [3.8, 4) is 0 Å². The van der Waals surface area contributed by atoms with Crippen molar-refractivity contribution in [1.82, 2.24) is 10.6 Å². The van der Waals surface area contributed by atoms with Crippen molar-refractivity contribution in [2.45, 2.75) is 25.8 Å². The highest BCUT2D eigenvalue weighted by atomic mass is 16.6. The molecule has 0 bridgehead atoms. The summed E-state index contributed by atoms with van der Waals surface area (Å²) in [6, 6.07) is 10.6. The van der Waals surface area contributed by atoms with E-state index in [1.807, 2.05) is 6.92 Å². The summed E-state index contributed by atoms with van der Waals surface area (Å²) in [4.78, 5) is 44.9. The Hall–Kier alpha value is -3.82. The number of hydrogen-bond donors (Lipinski definition) is 2. The van der Waals surface area contributed by atoms with Crippen LogP contribution < -0.4 is 10.6 Å². The molecule has 0 aromatic heterocycles. The lowest BCUT2D eigenvalue weighted by atomic mass is 10.1. The van der Waals surface area contributed by atoms with Crippen LogP contribution in [0.2, 0.25) is 0 Å². The van der Waals surface area contributed by atoms with Crippen molar-refractivity contribution in [2.75, 3.05) is 6.54 Å². The van der Waals surface area contributed by atoms with Crippen LogP contribution in [0.5, 0.6) is 0 Å². The number of amides is 2. The maximum absolute atomic E-state index is 12.3. The second-order valence-electron chi connectivity index (χ2n) is 6.24. The molecule has 152 valence electrons. The number of nitro groups is 2. The van der Waals surface area contributed by atoms with E-state index >= 15 is 0 Å². The predicted octanol–water partition coefficient (Wildman–Crippen LogP) is 2.83. The zero-order chi connectivity index (χ0) is 21.4. The molecule has 0 heterocycles. The molecule has 0 saturated carbocycles. The van der Waals surface area contributed by atoms with Gasteiger partial charge in [0.05, 0.1) is 9.85 Å². The molecular weight excluding hydrogens is 380 g/mol. The number of carbonyl (C=O) groups excluding carboxylic acids is 2. The first kappa shape index (κ1) is 21.5. The van der Waals surface area contributed by atoms with Crippen molar-refractivity contribution in [2.24, 2.45) is 0 Å². The standard InChI is InChI=1S/C19H20N4O6/c1-2-15(21-19(25)14-6-4-8-17(12-14)23(28)29)9-10-20-18(24)13-5-3-7-16(11-13)22(26)27/h3-8,11-12,15H,2,9-10H2,1H3,(H,20,24)(H,21,25)/t15-/m1/s1. The zero-order valence-electron chi connectivity index (χ0n) is 15.7. The van der Waals surface area contributed by atoms with Gasteiger partial charge in [0.1, 0.15) is 0 Å². The number of hydrogen-bond acceptors (Lipinski definition) is 6. The predicted molar refractivity (Wildman–Crippen MR) is 105 cm³/mol. The molecule has 2 aromatic rings. The Morgan fingerprint density at radius 2 is 1.45 bits per heavy atom. The lowest BCUT2D eigenvalue weighted by Crippen LogP contribution is -2.37. The molecule has 0 radical (unpaired) electrons. The van der Waals surface area contributed by atoms with E-state index in [2.05, 4.69) is 10.6 Å². The molecule has 2 amide bonds. The first-order valence-corrected chi connectivity index (χ1v) is 8.89. The van der Waals surface area contributed by atoms with Gasteiger partial charge in [-0.2, -0.15) is 0 Å². The molecule has 0 saturated heterocycles. The van der Waals surface area contributed by atoms with Gasteiger partial charge in [-0.15, -0.1) is 0 Å². The van der Waals surface area contributed by atoms with Gasteiger partial charge in [0.25, 0.3) is 23.2 Å². The highest BCUT2D eigenvalue weighted by molar-refractivity contribution is 5.95. The summed E-state index contributed by atoms with van der Waals surface area (Å²) in [7, 11) is 0. The number of nitro benzene ring substituents is 2. The summed E-state index contributed by atoms with van der Waals surface area (Å²) >= 11 is 0. The van der Waals surface area contributed by atoms with Gasteiger partial charge in [0.2, 0.25) is 0 Å². The highest BCUT2D eigenvalue weighted by Gasteiger charge is 2.16. The second-order valence-corrected chi connectivity index (χ2v) is 6.24. The summed E-state index contributed by atoms with van der Waals surface area (Å²) in [5.74, 6) is -0.890. The fourth-order valence-corrected chi connectivity index (χ4v) is 2.63. The van der Waals surface area contributed by atoms with Crippen LogP contribution >= 0.6 is 0 Å². The highest BCUT2D eigenvalue weighted by Crippen LogP contribution is 2.14. The summed E-state index contributed by atoms with van der Waals surface area (Å²) in [5.41, 5.74) is 0.00868. The molecule has 0 aliphatic rings. The third-order valence-corrected chi connectivity index (χ3v) is 4.24. The van der Waals surface area contributed by atoms with Gasteiger partial charge < -0.3 is 10.6 Å². The average Bonchev–Trinajstić information content (AvgIpc) is 2.72. The summed E-state index contributed by atoms with van der Waals surface area (Å²) in [5, 5.41) is 27.1. The van der Waals surface area contributed by atoms with Gasteiger partial charge in [-0.1, -0.05) is 19.1 Å². The van der Waals surface area contributed by atoms with Crippen molar-refractivity contribution >= 4 is 23.2 Å². The Morgan fingerprint density at radius 1 is 0.931 bits per heavy atom. The smallest absolute Gasteiger partial charge is 0.270 e. The van der Waals surface area contributed by atoms with Crippen LogP contribution in [0.25, 0.3) is 0 Å². The lowest BCUT2D eigenvalue weighted by molar-refractivity contribution is -0.385. The molecule has 2 aromatic carbocycles. The fourth-order valence-electron chi connectivity index (χ4n) is 2.63. The monoisotopic (exact) mass is 400 g/mol. The van der Waals surface area contributed by atoms with Crippen LogP contribution in [-0.4, -0.2) is 34.2 Å². The SMILES string of the molecule is CC[C@H](CCNC(=O)c1cccc([N+](=O)[O-])c1)NC(=O)c1cccc([N+](=O)[O-])c1. The normalized spacial score (nSPS) is 11.3. The Labute approximate surface area is 166 Å². The quantitative estimate of drug-likeness (QED) is 0.489. The number of benzene rings is 2. The van der Waals surface area contributed by atoms with E-state index in [9.17, 15) is 29.8 Å². The molecule has 1 atom stereocenters. The van der Waals surface area contributed by atoms with Crippen LogP contribution in [0.1, 0.15) is 40.5 Å². The van der Waals surface area contributed by atoms with Gasteiger partial charge in [-0.25, -0.2) is 0 Å². The average molecular weight is 400 g/mol. The maximum Gasteiger partial charge on any atom is 0.270 e. The number of rotatable bonds is 9. The first-order chi connectivity index (χ1) is 13.8. The molecule has 2 rings (SSSR count). The fraction of sp³-hybridized carbons (Fsp3) is 0.263. The molecule has 0 spiro atoms. The summed E-state index contributed by atoms with van der Waals surface area (Å²) < 4.78 is 0. The van der Waals surface area contributed by atoms with Crippen LogP contribution in [-0.2, 0) is 0 Å². The third-order valence-electron chi connectivity index (χ3n) is 4.24. The second kappa shape index (κ2) is 9.93. The molecule has 0 aliphatic heterocycles. The minimum Gasteiger partial charge on any atom is -0.352 e. The molecule has 2 N–H and O–H groups in total. The number of carbonyl (C=O) groups is 2.